The van der Waals surface area contributed by atoms with Gasteiger partial charge in [-0.05, 0) is 5.92 Å². The SMILES string of the molecule is CN=N/C=C\C(C)C. The lowest BCUT2D eigenvalue weighted by Crippen LogP contribution is -1.74. The van der Waals surface area contributed by atoms with E-state index in [4.69, 9.17) is 0 Å². The van der Waals surface area contributed by atoms with E-state index in [1.165, 1.54) is 0 Å². The molecule has 0 bridgehead atoms. The molecule has 0 radical (unpaired) electrons. The van der Waals surface area contributed by atoms with E-state index < -0.39 is 0 Å². The minimum atomic E-state index is 0.570. The first-order chi connectivity index (χ1) is 3.77. The predicted octanol–water partition coefficient (Wildman–Crippen LogP) is 2.24. The zero-order chi connectivity index (χ0) is 6.41. The first-order valence-electron chi connectivity index (χ1n) is 2.73. The van der Waals surface area contributed by atoms with E-state index in [1.807, 2.05) is 6.08 Å². The zero-order valence-corrected chi connectivity index (χ0v) is 5.63. The van der Waals surface area contributed by atoms with Crippen LogP contribution in [-0.2, 0) is 0 Å². The van der Waals surface area contributed by atoms with E-state index in [1.54, 1.807) is 13.2 Å². The Bertz CT molecular complexity index is 92.7. The highest BCUT2D eigenvalue weighted by Crippen LogP contribution is 1.92. The molecule has 0 atom stereocenters. The molecule has 46 valence electrons. The second-order valence-electron chi connectivity index (χ2n) is 1.90. The third kappa shape index (κ3) is 5.34. The highest BCUT2D eigenvalue weighted by molar-refractivity contribution is 4.80. The molecule has 0 aromatic carbocycles. The van der Waals surface area contributed by atoms with E-state index in [2.05, 4.69) is 24.1 Å². The van der Waals surface area contributed by atoms with Crippen LogP contribution in [0, 0.1) is 5.92 Å². The van der Waals surface area contributed by atoms with Crippen LogP contribution in [0.25, 0.3) is 0 Å². The normalized spacial score (nSPS) is 12.5. The summed E-state index contributed by atoms with van der Waals surface area (Å²) in [5.74, 6) is 0.570. The van der Waals surface area contributed by atoms with Gasteiger partial charge in [-0.1, -0.05) is 19.9 Å². The van der Waals surface area contributed by atoms with Crippen LogP contribution in [0.1, 0.15) is 13.8 Å². The van der Waals surface area contributed by atoms with Crippen LogP contribution in [0.3, 0.4) is 0 Å². The summed E-state index contributed by atoms with van der Waals surface area (Å²) in [6.07, 6.45) is 3.71. The smallest absolute Gasteiger partial charge is 0.0491 e. The topological polar surface area (TPSA) is 24.7 Å². The Morgan fingerprint density at radius 2 is 2.00 bits per heavy atom. The lowest BCUT2D eigenvalue weighted by Gasteiger charge is -1.87. The van der Waals surface area contributed by atoms with Gasteiger partial charge in [-0.2, -0.15) is 10.2 Å². The molecule has 0 saturated carbocycles. The van der Waals surface area contributed by atoms with Crippen molar-refractivity contribution in [1.82, 2.24) is 0 Å². The molecule has 0 aromatic rings. The summed E-state index contributed by atoms with van der Waals surface area (Å²) in [7, 11) is 1.66. The van der Waals surface area contributed by atoms with Crippen molar-refractivity contribution in [2.24, 2.45) is 16.1 Å². The first kappa shape index (κ1) is 7.34. The minimum absolute atomic E-state index is 0.570. The molecule has 0 aliphatic heterocycles. The molecule has 2 heteroatoms. The molecule has 0 amide bonds. The summed E-state index contributed by atoms with van der Waals surface area (Å²) in [6.45, 7) is 4.20. The van der Waals surface area contributed by atoms with Gasteiger partial charge in [-0.15, -0.1) is 0 Å². The third-order valence-electron chi connectivity index (χ3n) is 0.653. The summed E-state index contributed by atoms with van der Waals surface area (Å²) >= 11 is 0. The van der Waals surface area contributed by atoms with E-state index in [-0.39, 0.29) is 0 Å². The fourth-order valence-electron chi connectivity index (χ4n) is 0.277. The first-order valence-corrected chi connectivity index (χ1v) is 2.73. The van der Waals surface area contributed by atoms with E-state index in [0.717, 1.165) is 0 Å². The molecule has 0 aromatic heterocycles. The average Bonchev–Trinajstić information content (AvgIpc) is 1.66. The van der Waals surface area contributed by atoms with Gasteiger partial charge in [-0.3, -0.25) is 0 Å². The maximum atomic E-state index is 3.66. The molecule has 0 fully saturated rings. The van der Waals surface area contributed by atoms with Crippen molar-refractivity contribution >= 4 is 0 Å². The van der Waals surface area contributed by atoms with Gasteiger partial charge < -0.3 is 0 Å². The molecular weight excluding hydrogens is 100 g/mol. The molecule has 0 saturated heterocycles. The molecule has 0 aliphatic carbocycles. The van der Waals surface area contributed by atoms with Gasteiger partial charge in [-0.25, -0.2) is 0 Å². The van der Waals surface area contributed by atoms with Gasteiger partial charge in [0.05, 0.1) is 0 Å². The third-order valence-corrected chi connectivity index (χ3v) is 0.653. The van der Waals surface area contributed by atoms with Crippen molar-refractivity contribution in [3.05, 3.63) is 12.3 Å². The Labute approximate surface area is 50.3 Å². The molecule has 2 nitrogen and oxygen atoms in total. The number of rotatable bonds is 2. The predicted molar refractivity (Wildman–Crippen MR) is 34.8 cm³/mol. The Kier molecular flexibility index (Phi) is 4.13. The number of hydrogen-bond donors (Lipinski definition) is 0. The second kappa shape index (κ2) is 4.50. The van der Waals surface area contributed by atoms with Gasteiger partial charge in [0.15, 0.2) is 0 Å². The van der Waals surface area contributed by atoms with E-state index in [9.17, 15) is 0 Å². The van der Waals surface area contributed by atoms with Crippen LogP contribution in [-0.4, -0.2) is 7.05 Å². The fraction of sp³-hybridized carbons (Fsp3) is 0.667. The van der Waals surface area contributed by atoms with Crippen LogP contribution in [0.2, 0.25) is 0 Å². The Morgan fingerprint density at radius 1 is 1.38 bits per heavy atom. The van der Waals surface area contributed by atoms with Gasteiger partial charge in [0, 0.05) is 13.2 Å². The van der Waals surface area contributed by atoms with Crippen molar-refractivity contribution in [2.45, 2.75) is 13.8 Å². The standard InChI is InChI=1S/C6H12N2/c1-6(2)4-5-8-7-3/h4-6H,1-3H3/b5-4-,8-7?. The molecular formula is C6H12N2. The number of hydrogen-bond acceptors (Lipinski definition) is 2. The summed E-state index contributed by atoms with van der Waals surface area (Å²) < 4.78 is 0. The van der Waals surface area contributed by atoms with Crippen LogP contribution in [0.5, 0.6) is 0 Å². The summed E-state index contributed by atoms with van der Waals surface area (Å²) in [4.78, 5) is 0. The second-order valence-corrected chi connectivity index (χ2v) is 1.90. The van der Waals surface area contributed by atoms with Gasteiger partial charge in [0.2, 0.25) is 0 Å². The summed E-state index contributed by atoms with van der Waals surface area (Å²) in [5, 5.41) is 7.20. The summed E-state index contributed by atoms with van der Waals surface area (Å²) in [5.41, 5.74) is 0. The Hall–Kier alpha value is -0.660. The Balaban J connectivity index is 3.34. The molecule has 0 spiro atoms. The number of azo groups is 1. The molecule has 8 heavy (non-hydrogen) atoms. The quantitative estimate of drug-likeness (QED) is 0.489. The van der Waals surface area contributed by atoms with Crippen molar-refractivity contribution in [1.29, 1.82) is 0 Å². The lowest BCUT2D eigenvalue weighted by atomic mass is 10.2. The van der Waals surface area contributed by atoms with Crippen LogP contribution in [0.4, 0.5) is 0 Å². The lowest BCUT2D eigenvalue weighted by molar-refractivity contribution is 0.827. The fourth-order valence-corrected chi connectivity index (χ4v) is 0.277. The zero-order valence-electron chi connectivity index (χ0n) is 5.63. The average molecular weight is 112 g/mol. The maximum absolute atomic E-state index is 3.66. The van der Waals surface area contributed by atoms with Crippen molar-refractivity contribution < 1.29 is 0 Å². The van der Waals surface area contributed by atoms with Gasteiger partial charge in [0.25, 0.3) is 0 Å². The van der Waals surface area contributed by atoms with Gasteiger partial charge in [0.1, 0.15) is 0 Å². The molecule has 0 rings (SSSR count). The minimum Gasteiger partial charge on any atom is -0.193 e. The van der Waals surface area contributed by atoms with Crippen LogP contribution < -0.4 is 0 Å². The molecule has 0 heterocycles. The Morgan fingerprint density at radius 3 is 2.38 bits per heavy atom. The molecule has 0 N–H and O–H groups in total. The van der Waals surface area contributed by atoms with Gasteiger partial charge >= 0.3 is 0 Å². The maximum Gasteiger partial charge on any atom is 0.0491 e. The monoisotopic (exact) mass is 112 g/mol. The number of nitrogens with zero attached hydrogens (tertiary/aromatic N) is 2. The highest BCUT2D eigenvalue weighted by Gasteiger charge is 1.78. The highest BCUT2D eigenvalue weighted by atomic mass is 15.1. The largest absolute Gasteiger partial charge is 0.193 e. The van der Waals surface area contributed by atoms with Crippen LogP contribution >= 0.6 is 0 Å². The molecule has 0 aliphatic rings. The van der Waals surface area contributed by atoms with Crippen molar-refractivity contribution in [3.63, 3.8) is 0 Å². The summed E-state index contributed by atoms with van der Waals surface area (Å²) in [6, 6.07) is 0. The van der Waals surface area contributed by atoms with Crippen molar-refractivity contribution in [2.75, 3.05) is 7.05 Å². The van der Waals surface area contributed by atoms with E-state index in [0.29, 0.717) is 5.92 Å². The molecule has 0 unspecified atom stereocenters. The number of allylic oxidation sites excluding steroid dienone is 1. The van der Waals surface area contributed by atoms with Crippen LogP contribution in [0.15, 0.2) is 22.5 Å². The van der Waals surface area contributed by atoms with Crippen molar-refractivity contribution in [3.8, 4) is 0 Å². The van der Waals surface area contributed by atoms with E-state index >= 15 is 0 Å².